The molecule has 4 rings (SSSR count). The van der Waals surface area contributed by atoms with Gasteiger partial charge < -0.3 is 14.4 Å². The van der Waals surface area contributed by atoms with Crippen LogP contribution in [0.2, 0.25) is 5.02 Å². The summed E-state index contributed by atoms with van der Waals surface area (Å²) in [6.07, 6.45) is 1.81. The summed E-state index contributed by atoms with van der Waals surface area (Å²) in [4.78, 5) is 16.6. The minimum Gasteiger partial charge on any atom is -0.350 e. The summed E-state index contributed by atoms with van der Waals surface area (Å²) in [5.74, 6) is 0.328. The van der Waals surface area contributed by atoms with E-state index in [1.54, 1.807) is 35.0 Å². The van der Waals surface area contributed by atoms with Gasteiger partial charge in [0.1, 0.15) is 5.69 Å². The minimum atomic E-state index is -0.432. The topological polar surface area (TPSA) is 112 Å². The maximum atomic E-state index is 12.3. The van der Waals surface area contributed by atoms with Gasteiger partial charge in [0, 0.05) is 35.5 Å². The highest BCUT2D eigenvalue weighted by atomic mass is 35.5. The first-order valence-corrected chi connectivity index (χ1v) is 8.71. The Hall–Kier alpha value is -3.46. The zero-order valence-electron chi connectivity index (χ0n) is 15.0. The number of amides is 1. The van der Waals surface area contributed by atoms with Gasteiger partial charge in [-0.15, -0.1) is 0 Å². The first kappa shape index (κ1) is 17.9. The monoisotopic (exact) mass is 398 g/mol. The van der Waals surface area contributed by atoms with Crippen molar-refractivity contribution in [1.29, 1.82) is 0 Å². The average Bonchev–Trinajstić information content (AvgIpc) is 3.40. The SMILES string of the molecule is Cc1nn(C)cc1-c1cc(C(=O)NCc2noc(-c3ccc(Cl)cc3)n2)on1. The van der Waals surface area contributed by atoms with Crippen LogP contribution < -0.4 is 5.32 Å². The number of nitrogens with one attached hydrogen (secondary N) is 1. The van der Waals surface area contributed by atoms with E-state index in [1.165, 1.54) is 0 Å². The first-order valence-electron chi connectivity index (χ1n) is 8.33. The van der Waals surface area contributed by atoms with Gasteiger partial charge in [-0.2, -0.15) is 10.1 Å². The number of carbonyl (C=O) groups is 1. The molecule has 0 aliphatic rings. The molecule has 0 unspecified atom stereocenters. The van der Waals surface area contributed by atoms with Gasteiger partial charge in [0.05, 0.1) is 12.2 Å². The van der Waals surface area contributed by atoms with Crippen molar-refractivity contribution >= 4 is 17.5 Å². The molecule has 0 radical (unpaired) electrons. The molecule has 3 aromatic heterocycles. The van der Waals surface area contributed by atoms with Crippen LogP contribution in [0.25, 0.3) is 22.7 Å². The van der Waals surface area contributed by atoms with E-state index < -0.39 is 5.91 Å². The van der Waals surface area contributed by atoms with Gasteiger partial charge in [-0.05, 0) is 31.2 Å². The fourth-order valence-corrected chi connectivity index (χ4v) is 2.77. The molecule has 142 valence electrons. The van der Waals surface area contributed by atoms with Crippen LogP contribution >= 0.6 is 11.6 Å². The Balaban J connectivity index is 1.41. The number of halogens is 1. The van der Waals surface area contributed by atoms with Gasteiger partial charge in [0.15, 0.2) is 5.82 Å². The Morgan fingerprint density at radius 3 is 2.71 bits per heavy atom. The van der Waals surface area contributed by atoms with E-state index in [1.807, 2.05) is 20.2 Å². The standard InChI is InChI=1S/C18H15ClN6O3/c1-10-13(9-25(2)22-10)14-7-15(27-23-14)17(26)20-8-16-21-18(28-24-16)11-3-5-12(19)6-4-11/h3-7,9H,8H2,1-2H3,(H,20,26). The number of carbonyl (C=O) groups excluding carboxylic acids is 1. The number of aryl methyl sites for hydroxylation is 2. The quantitative estimate of drug-likeness (QED) is 0.549. The van der Waals surface area contributed by atoms with E-state index in [2.05, 4.69) is 25.7 Å². The Morgan fingerprint density at radius 2 is 2.00 bits per heavy atom. The maximum absolute atomic E-state index is 12.3. The predicted molar refractivity (Wildman–Crippen MR) is 99.4 cm³/mol. The summed E-state index contributed by atoms with van der Waals surface area (Å²) in [5, 5.41) is 15.3. The molecule has 9 nitrogen and oxygen atoms in total. The van der Waals surface area contributed by atoms with Crippen LogP contribution in [0.5, 0.6) is 0 Å². The number of aromatic nitrogens is 5. The molecule has 1 amide bonds. The lowest BCUT2D eigenvalue weighted by molar-refractivity contribution is 0.0912. The molecule has 0 aliphatic heterocycles. The van der Waals surface area contributed by atoms with E-state index >= 15 is 0 Å². The van der Waals surface area contributed by atoms with Crippen molar-refractivity contribution in [3.63, 3.8) is 0 Å². The van der Waals surface area contributed by atoms with Crippen LogP contribution in [-0.2, 0) is 13.6 Å². The highest BCUT2D eigenvalue weighted by Gasteiger charge is 2.17. The maximum Gasteiger partial charge on any atom is 0.290 e. The highest BCUT2D eigenvalue weighted by Crippen LogP contribution is 2.22. The van der Waals surface area contributed by atoms with Gasteiger partial charge in [0.2, 0.25) is 5.76 Å². The number of hydrogen-bond acceptors (Lipinski definition) is 7. The molecule has 0 saturated heterocycles. The molecule has 0 atom stereocenters. The number of hydrogen-bond donors (Lipinski definition) is 1. The number of benzene rings is 1. The molecule has 4 aromatic rings. The molecule has 0 bridgehead atoms. The van der Waals surface area contributed by atoms with E-state index in [0.29, 0.717) is 22.4 Å². The molecule has 0 spiro atoms. The second-order valence-corrected chi connectivity index (χ2v) is 6.52. The van der Waals surface area contributed by atoms with Crippen LogP contribution in [0.1, 0.15) is 22.1 Å². The van der Waals surface area contributed by atoms with Crippen molar-refractivity contribution in [3.05, 3.63) is 58.8 Å². The Bertz CT molecular complexity index is 1130. The van der Waals surface area contributed by atoms with Gasteiger partial charge in [-0.3, -0.25) is 9.48 Å². The highest BCUT2D eigenvalue weighted by molar-refractivity contribution is 6.30. The lowest BCUT2D eigenvalue weighted by atomic mass is 10.2. The van der Waals surface area contributed by atoms with Crippen LogP contribution in [0, 0.1) is 6.92 Å². The molecule has 0 aliphatic carbocycles. The summed E-state index contributed by atoms with van der Waals surface area (Å²) in [7, 11) is 1.81. The molecular formula is C18H15ClN6O3. The fraction of sp³-hybridized carbons (Fsp3) is 0.167. The van der Waals surface area contributed by atoms with Crippen LogP contribution in [0.15, 0.2) is 45.6 Å². The van der Waals surface area contributed by atoms with E-state index in [4.69, 9.17) is 20.6 Å². The summed E-state index contributed by atoms with van der Waals surface area (Å²) in [6, 6.07) is 8.57. The summed E-state index contributed by atoms with van der Waals surface area (Å²) >= 11 is 5.86. The Labute approximate surface area is 164 Å². The third-order valence-corrected chi connectivity index (χ3v) is 4.24. The van der Waals surface area contributed by atoms with Gasteiger partial charge in [0.25, 0.3) is 11.8 Å². The molecule has 10 heteroatoms. The van der Waals surface area contributed by atoms with Crippen molar-refractivity contribution in [2.24, 2.45) is 7.05 Å². The first-order chi connectivity index (χ1) is 13.5. The average molecular weight is 399 g/mol. The molecular weight excluding hydrogens is 384 g/mol. The second kappa shape index (κ2) is 7.28. The van der Waals surface area contributed by atoms with E-state index in [9.17, 15) is 4.79 Å². The van der Waals surface area contributed by atoms with Gasteiger partial charge in [-0.25, -0.2) is 0 Å². The molecule has 3 heterocycles. The van der Waals surface area contributed by atoms with Crippen molar-refractivity contribution in [1.82, 2.24) is 30.4 Å². The van der Waals surface area contributed by atoms with Crippen LogP contribution in [0.4, 0.5) is 0 Å². The van der Waals surface area contributed by atoms with Gasteiger partial charge >= 0.3 is 0 Å². The third kappa shape index (κ3) is 3.65. The largest absolute Gasteiger partial charge is 0.350 e. The molecule has 28 heavy (non-hydrogen) atoms. The van der Waals surface area contributed by atoms with Gasteiger partial charge in [-0.1, -0.05) is 21.9 Å². The lowest BCUT2D eigenvalue weighted by Gasteiger charge is -1.97. The van der Waals surface area contributed by atoms with E-state index in [0.717, 1.165) is 16.8 Å². The summed E-state index contributed by atoms with van der Waals surface area (Å²) in [6.45, 7) is 1.94. The second-order valence-electron chi connectivity index (χ2n) is 6.08. The normalized spacial score (nSPS) is 11.0. The summed E-state index contributed by atoms with van der Waals surface area (Å²) < 4.78 is 12.0. The van der Waals surface area contributed by atoms with Crippen molar-refractivity contribution in [2.75, 3.05) is 0 Å². The van der Waals surface area contributed by atoms with Crippen molar-refractivity contribution in [2.45, 2.75) is 13.5 Å². The summed E-state index contributed by atoms with van der Waals surface area (Å²) in [5.41, 5.74) is 2.88. The van der Waals surface area contributed by atoms with Crippen LogP contribution in [0.3, 0.4) is 0 Å². The smallest absolute Gasteiger partial charge is 0.290 e. The number of nitrogens with zero attached hydrogens (tertiary/aromatic N) is 5. The zero-order chi connectivity index (χ0) is 19.7. The van der Waals surface area contributed by atoms with Crippen LogP contribution in [-0.4, -0.2) is 31.0 Å². The third-order valence-electron chi connectivity index (χ3n) is 3.99. The van der Waals surface area contributed by atoms with Crippen molar-refractivity contribution < 1.29 is 13.8 Å². The van der Waals surface area contributed by atoms with E-state index in [-0.39, 0.29) is 12.3 Å². The Kier molecular flexibility index (Phi) is 4.66. The Morgan fingerprint density at radius 1 is 1.21 bits per heavy atom. The molecule has 1 aromatic carbocycles. The molecule has 0 fully saturated rings. The lowest BCUT2D eigenvalue weighted by Crippen LogP contribution is -2.22. The zero-order valence-corrected chi connectivity index (χ0v) is 15.8. The van der Waals surface area contributed by atoms with Crippen molar-refractivity contribution in [3.8, 4) is 22.7 Å². The molecule has 1 N–H and O–H groups in total. The number of rotatable bonds is 5. The predicted octanol–water partition coefficient (Wildman–Crippen LogP) is 3.02. The minimum absolute atomic E-state index is 0.0812. The fourth-order valence-electron chi connectivity index (χ4n) is 2.64. The molecule has 0 saturated carbocycles.